The number of carbonyl (C=O) groups is 1. The molecule has 1 aromatic rings. The van der Waals surface area contributed by atoms with Crippen LogP contribution in [0.1, 0.15) is 32.6 Å². The van der Waals surface area contributed by atoms with Gasteiger partial charge in [0.1, 0.15) is 6.17 Å². The number of aromatic nitrogens is 1. The standard InChI is InChI=1S/C12H17N3O/c1-8(2)12(3)11(16)14-10(15-12)9-6-4-5-7-13-9/h4-8,10,15H,1-3H3,(H,14,16)/t10-,12+/m1/s1. The largest absolute Gasteiger partial charge is 0.334 e. The number of hydrogen-bond acceptors (Lipinski definition) is 3. The van der Waals surface area contributed by atoms with Crippen LogP contribution in [-0.4, -0.2) is 16.4 Å². The van der Waals surface area contributed by atoms with Gasteiger partial charge in [0.05, 0.1) is 11.2 Å². The lowest BCUT2D eigenvalue weighted by Crippen LogP contribution is -2.48. The van der Waals surface area contributed by atoms with E-state index in [1.807, 2.05) is 39.0 Å². The highest BCUT2D eigenvalue weighted by Gasteiger charge is 2.45. The molecule has 1 aliphatic heterocycles. The van der Waals surface area contributed by atoms with Crippen LogP contribution in [0.25, 0.3) is 0 Å². The van der Waals surface area contributed by atoms with Gasteiger partial charge >= 0.3 is 0 Å². The molecule has 0 aliphatic carbocycles. The maximum atomic E-state index is 11.9. The summed E-state index contributed by atoms with van der Waals surface area (Å²) < 4.78 is 0. The van der Waals surface area contributed by atoms with Crippen LogP contribution in [-0.2, 0) is 4.79 Å². The van der Waals surface area contributed by atoms with Gasteiger partial charge in [0.15, 0.2) is 0 Å². The second-order valence-corrected chi connectivity index (χ2v) is 4.66. The van der Waals surface area contributed by atoms with E-state index in [-0.39, 0.29) is 18.0 Å². The number of carbonyl (C=O) groups excluding carboxylic acids is 1. The molecule has 1 aromatic heterocycles. The monoisotopic (exact) mass is 219 g/mol. The highest BCUT2D eigenvalue weighted by molar-refractivity contribution is 5.88. The Morgan fingerprint density at radius 1 is 1.44 bits per heavy atom. The Morgan fingerprint density at radius 3 is 2.69 bits per heavy atom. The van der Waals surface area contributed by atoms with E-state index in [1.54, 1.807) is 6.20 Å². The van der Waals surface area contributed by atoms with E-state index in [0.29, 0.717) is 0 Å². The summed E-state index contributed by atoms with van der Waals surface area (Å²) in [5, 5.41) is 6.24. The number of nitrogens with zero attached hydrogens (tertiary/aromatic N) is 1. The number of hydrogen-bond donors (Lipinski definition) is 2. The molecule has 2 atom stereocenters. The first kappa shape index (κ1) is 11.1. The Kier molecular flexibility index (Phi) is 2.68. The third-order valence-corrected chi connectivity index (χ3v) is 3.33. The Balaban J connectivity index is 2.22. The molecule has 1 saturated heterocycles. The first-order valence-electron chi connectivity index (χ1n) is 5.53. The van der Waals surface area contributed by atoms with Crippen molar-refractivity contribution >= 4 is 5.91 Å². The molecule has 0 saturated carbocycles. The zero-order valence-corrected chi connectivity index (χ0v) is 9.82. The first-order valence-corrected chi connectivity index (χ1v) is 5.53. The van der Waals surface area contributed by atoms with Crippen molar-refractivity contribution in [2.75, 3.05) is 0 Å². The summed E-state index contributed by atoms with van der Waals surface area (Å²) in [7, 11) is 0. The van der Waals surface area contributed by atoms with Crippen LogP contribution in [0.4, 0.5) is 0 Å². The van der Waals surface area contributed by atoms with E-state index in [4.69, 9.17) is 0 Å². The van der Waals surface area contributed by atoms with Gasteiger partial charge in [-0.15, -0.1) is 0 Å². The normalized spacial score (nSPS) is 29.5. The van der Waals surface area contributed by atoms with Crippen molar-refractivity contribution in [3.05, 3.63) is 30.1 Å². The van der Waals surface area contributed by atoms with Gasteiger partial charge < -0.3 is 5.32 Å². The van der Waals surface area contributed by atoms with Crippen molar-refractivity contribution in [1.82, 2.24) is 15.6 Å². The van der Waals surface area contributed by atoms with E-state index in [1.165, 1.54) is 0 Å². The van der Waals surface area contributed by atoms with Crippen molar-refractivity contribution in [3.8, 4) is 0 Å². The van der Waals surface area contributed by atoms with Gasteiger partial charge in [0, 0.05) is 6.20 Å². The Labute approximate surface area is 95.5 Å². The highest BCUT2D eigenvalue weighted by Crippen LogP contribution is 2.26. The minimum Gasteiger partial charge on any atom is -0.334 e. The minimum absolute atomic E-state index is 0.0400. The first-order chi connectivity index (χ1) is 7.54. The molecule has 0 spiro atoms. The van der Waals surface area contributed by atoms with Gasteiger partial charge in [-0.1, -0.05) is 19.9 Å². The van der Waals surface area contributed by atoms with Crippen LogP contribution in [0.5, 0.6) is 0 Å². The van der Waals surface area contributed by atoms with Gasteiger partial charge in [0.25, 0.3) is 0 Å². The van der Waals surface area contributed by atoms with Crippen molar-refractivity contribution in [3.63, 3.8) is 0 Å². The molecule has 0 radical (unpaired) electrons. The fourth-order valence-electron chi connectivity index (χ4n) is 1.81. The maximum Gasteiger partial charge on any atom is 0.241 e. The molecule has 1 fully saturated rings. The predicted molar refractivity (Wildman–Crippen MR) is 61.5 cm³/mol. The lowest BCUT2D eigenvalue weighted by atomic mass is 9.89. The fraction of sp³-hybridized carbons (Fsp3) is 0.500. The summed E-state index contributed by atoms with van der Waals surface area (Å²) in [5.41, 5.74) is 0.336. The summed E-state index contributed by atoms with van der Waals surface area (Å²) >= 11 is 0. The van der Waals surface area contributed by atoms with Gasteiger partial charge in [0.2, 0.25) is 5.91 Å². The zero-order chi connectivity index (χ0) is 11.8. The van der Waals surface area contributed by atoms with E-state index in [9.17, 15) is 4.79 Å². The molecule has 0 bridgehead atoms. The van der Waals surface area contributed by atoms with Gasteiger partial charge in [-0.2, -0.15) is 0 Å². The molecule has 4 heteroatoms. The Hall–Kier alpha value is -1.42. The molecule has 1 amide bonds. The third kappa shape index (κ3) is 1.69. The van der Waals surface area contributed by atoms with Crippen LogP contribution >= 0.6 is 0 Å². The Bertz CT molecular complexity index is 391. The SMILES string of the molecule is CC(C)[C@]1(C)N[C@H](c2ccccn2)NC1=O. The molecule has 86 valence electrons. The molecular formula is C12H17N3O. The minimum atomic E-state index is -0.512. The number of rotatable bonds is 2. The fourth-order valence-corrected chi connectivity index (χ4v) is 1.81. The van der Waals surface area contributed by atoms with Crippen molar-refractivity contribution < 1.29 is 4.79 Å². The molecule has 1 aliphatic rings. The highest BCUT2D eigenvalue weighted by atomic mass is 16.2. The molecule has 2 rings (SSSR count). The molecule has 0 aromatic carbocycles. The number of pyridine rings is 1. The summed E-state index contributed by atoms with van der Waals surface area (Å²) in [4.78, 5) is 16.2. The van der Waals surface area contributed by atoms with E-state index in [2.05, 4.69) is 15.6 Å². The van der Waals surface area contributed by atoms with Crippen LogP contribution in [0.3, 0.4) is 0 Å². The van der Waals surface area contributed by atoms with E-state index >= 15 is 0 Å². The zero-order valence-electron chi connectivity index (χ0n) is 9.82. The summed E-state index contributed by atoms with van der Waals surface area (Å²) in [6.45, 7) is 6.00. The molecule has 0 unspecified atom stereocenters. The van der Waals surface area contributed by atoms with Crippen molar-refractivity contribution in [2.45, 2.75) is 32.5 Å². The molecule has 4 nitrogen and oxygen atoms in total. The van der Waals surface area contributed by atoms with Gasteiger partial charge in [-0.3, -0.25) is 15.1 Å². The van der Waals surface area contributed by atoms with Gasteiger partial charge in [-0.05, 0) is 25.0 Å². The number of nitrogens with one attached hydrogen (secondary N) is 2. The van der Waals surface area contributed by atoms with Crippen LogP contribution in [0, 0.1) is 5.92 Å². The second kappa shape index (κ2) is 3.87. The molecule has 2 heterocycles. The topological polar surface area (TPSA) is 54.0 Å². The van der Waals surface area contributed by atoms with E-state index < -0.39 is 5.54 Å². The van der Waals surface area contributed by atoms with Crippen LogP contribution < -0.4 is 10.6 Å². The number of amides is 1. The van der Waals surface area contributed by atoms with Crippen molar-refractivity contribution in [2.24, 2.45) is 5.92 Å². The van der Waals surface area contributed by atoms with Crippen LogP contribution in [0.2, 0.25) is 0 Å². The molecular weight excluding hydrogens is 202 g/mol. The average molecular weight is 219 g/mol. The maximum absolute atomic E-state index is 11.9. The second-order valence-electron chi connectivity index (χ2n) is 4.66. The smallest absolute Gasteiger partial charge is 0.241 e. The predicted octanol–water partition coefficient (Wildman–Crippen LogP) is 1.21. The summed E-state index contributed by atoms with van der Waals surface area (Å²) in [6.07, 6.45) is 1.55. The third-order valence-electron chi connectivity index (χ3n) is 3.33. The quantitative estimate of drug-likeness (QED) is 0.786. The van der Waals surface area contributed by atoms with Gasteiger partial charge in [-0.25, -0.2) is 0 Å². The summed E-state index contributed by atoms with van der Waals surface area (Å²) in [5.74, 6) is 0.277. The lowest BCUT2D eigenvalue weighted by Gasteiger charge is -2.26. The summed E-state index contributed by atoms with van der Waals surface area (Å²) in [6, 6.07) is 5.69. The molecule has 16 heavy (non-hydrogen) atoms. The van der Waals surface area contributed by atoms with Crippen LogP contribution in [0.15, 0.2) is 24.4 Å². The van der Waals surface area contributed by atoms with E-state index in [0.717, 1.165) is 5.69 Å². The Morgan fingerprint density at radius 2 is 2.19 bits per heavy atom. The van der Waals surface area contributed by atoms with Crippen molar-refractivity contribution in [1.29, 1.82) is 0 Å². The average Bonchev–Trinajstić information content (AvgIpc) is 2.58. The lowest BCUT2D eigenvalue weighted by molar-refractivity contribution is -0.125. The molecule has 2 N–H and O–H groups in total.